The van der Waals surface area contributed by atoms with Crippen molar-refractivity contribution in [1.82, 2.24) is 4.98 Å². The molecule has 0 aliphatic rings. The van der Waals surface area contributed by atoms with Crippen LogP contribution in [0.2, 0.25) is 0 Å². The van der Waals surface area contributed by atoms with Crippen molar-refractivity contribution in [2.75, 3.05) is 0 Å². The molecule has 0 N–H and O–H groups in total. The summed E-state index contributed by atoms with van der Waals surface area (Å²) >= 11 is 3.20. The maximum absolute atomic E-state index is 13.4. The standard InChI is InChI=1S/C13H14FNS2/c1-2-5-13-15-10(9-17-13)8-16-12-7-4-3-6-11(12)14/h3-4,6-7,9H,2,5,8H2,1H3. The first-order valence-corrected chi connectivity index (χ1v) is 7.46. The van der Waals surface area contributed by atoms with Crippen molar-refractivity contribution in [3.63, 3.8) is 0 Å². The lowest BCUT2D eigenvalue weighted by Crippen LogP contribution is -1.86. The van der Waals surface area contributed by atoms with Crippen molar-refractivity contribution in [2.24, 2.45) is 0 Å². The first-order valence-electron chi connectivity index (χ1n) is 5.60. The minimum Gasteiger partial charge on any atom is -0.245 e. The number of hydrogen-bond donors (Lipinski definition) is 0. The van der Waals surface area contributed by atoms with Crippen LogP contribution in [0, 0.1) is 5.82 Å². The fourth-order valence-electron chi connectivity index (χ4n) is 1.46. The topological polar surface area (TPSA) is 12.9 Å². The van der Waals surface area contributed by atoms with Crippen LogP contribution in [0.5, 0.6) is 0 Å². The van der Waals surface area contributed by atoms with Crippen molar-refractivity contribution >= 4 is 23.1 Å². The average molecular weight is 267 g/mol. The highest BCUT2D eigenvalue weighted by molar-refractivity contribution is 7.98. The highest BCUT2D eigenvalue weighted by Gasteiger charge is 2.05. The number of nitrogens with zero attached hydrogens (tertiary/aromatic N) is 1. The van der Waals surface area contributed by atoms with Gasteiger partial charge >= 0.3 is 0 Å². The van der Waals surface area contributed by atoms with Crippen LogP contribution >= 0.6 is 23.1 Å². The highest BCUT2D eigenvalue weighted by Crippen LogP contribution is 2.25. The lowest BCUT2D eigenvalue weighted by atomic mass is 10.3. The van der Waals surface area contributed by atoms with Crippen molar-refractivity contribution in [1.29, 1.82) is 0 Å². The number of benzene rings is 1. The van der Waals surface area contributed by atoms with Gasteiger partial charge in [-0.1, -0.05) is 19.1 Å². The van der Waals surface area contributed by atoms with Gasteiger partial charge in [-0.25, -0.2) is 9.37 Å². The van der Waals surface area contributed by atoms with E-state index in [1.54, 1.807) is 23.5 Å². The molecule has 1 heterocycles. The van der Waals surface area contributed by atoms with Crippen molar-refractivity contribution in [3.05, 3.63) is 46.2 Å². The molecule has 4 heteroatoms. The molecular formula is C13H14FNS2. The monoisotopic (exact) mass is 267 g/mol. The molecule has 0 bridgehead atoms. The van der Waals surface area contributed by atoms with Gasteiger partial charge in [0.1, 0.15) is 5.82 Å². The maximum atomic E-state index is 13.4. The molecule has 0 aliphatic heterocycles. The van der Waals surface area contributed by atoms with Crippen LogP contribution in [0.3, 0.4) is 0 Å². The number of aromatic nitrogens is 1. The minimum atomic E-state index is -0.151. The Morgan fingerprint density at radius 1 is 1.35 bits per heavy atom. The summed E-state index contributed by atoms with van der Waals surface area (Å²) in [6.45, 7) is 2.15. The molecule has 0 unspecified atom stereocenters. The van der Waals surface area contributed by atoms with Gasteiger partial charge in [0.05, 0.1) is 10.7 Å². The summed E-state index contributed by atoms with van der Waals surface area (Å²) in [6, 6.07) is 6.86. The van der Waals surface area contributed by atoms with Gasteiger partial charge < -0.3 is 0 Å². The van der Waals surface area contributed by atoms with Crippen LogP contribution in [-0.2, 0) is 12.2 Å². The zero-order chi connectivity index (χ0) is 12.1. The van der Waals surface area contributed by atoms with Gasteiger partial charge in [0.2, 0.25) is 0 Å². The Bertz CT molecular complexity index is 482. The Balaban J connectivity index is 1.95. The summed E-state index contributed by atoms with van der Waals surface area (Å²) in [5.74, 6) is 0.586. The summed E-state index contributed by atoms with van der Waals surface area (Å²) in [5, 5.41) is 3.25. The zero-order valence-electron chi connectivity index (χ0n) is 9.65. The number of thioether (sulfide) groups is 1. The molecular weight excluding hydrogens is 253 g/mol. The molecule has 0 amide bonds. The summed E-state index contributed by atoms with van der Waals surface area (Å²) in [4.78, 5) is 5.21. The third-order valence-corrected chi connectivity index (χ3v) is 4.31. The van der Waals surface area contributed by atoms with E-state index in [0.717, 1.165) is 24.3 Å². The van der Waals surface area contributed by atoms with Gasteiger partial charge in [0, 0.05) is 16.0 Å². The van der Waals surface area contributed by atoms with E-state index < -0.39 is 0 Å². The van der Waals surface area contributed by atoms with Crippen LogP contribution in [0.15, 0.2) is 34.5 Å². The molecule has 0 atom stereocenters. The first kappa shape index (κ1) is 12.6. The Morgan fingerprint density at radius 2 is 2.18 bits per heavy atom. The highest BCUT2D eigenvalue weighted by atomic mass is 32.2. The van der Waals surface area contributed by atoms with E-state index in [9.17, 15) is 4.39 Å². The molecule has 2 rings (SSSR count). The second-order valence-corrected chi connectivity index (χ2v) is 5.66. The quantitative estimate of drug-likeness (QED) is 0.738. The number of hydrogen-bond acceptors (Lipinski definition) is 3. The summed E-state index contributed by atoms with van der Waals surface area (Å²) in [5.41, 5.74) is 1.05. The number of thiazole rings is 1. The molecule has 1 aromatic heterocycles. The summed E-state index contributed by atoms with van der Waals surface area (Å²) in [7, 11) is 0. The van der Waals surface area contributed by atoms with Crippen molar-refractivity contribution < 1.29 is 4.39 Å². The lowest BCUT2D eigenvalue weighted by Gasteiger charge is -2.00. The predicted molar refractivity (Wildman–Crippen MR) is 72.1 cm³/mol. The van der Waals surface area contributed by atoms with Gasteiger partial charge in [0.15, 0.2) is 0 Å². The second-order valence-electron chi connectivity index (χ2n) is 3.70. The average Bonchev–Trinajstić information content (AvgIpc) is 2.76. The van der Waals surface area contributed by atoms with E-state index in [4.69, 9.17) is 0 Å². The summed E-state index contributed by atoms with van der Waals surface area (Å²) in [6.07, 6.45) is 2.16. The largest absolute Gasteiger partial charge is 0.245 e. The van der Waals surface area contributed by atoms with Gasteiger partial charge in [0.25, 0.3) is 0 Å². The molecule has 17 heavy (non-hydrogen) atoms. The second kappa shape index (κ2) is 6.17. The van der Waals surface area contributed by atoms with E-state index in [-0.39, 0.29) is 5.82 Å². The Hall–Kier alpha value is -0.870. The third kappa shape index (κ3) is 3.54. The zero-order valence-corrected chi connectivity index (χ0v) is 11.3. The van der Waals surface area contributed by atoms with Crippen LogP contribution in [0.25, 0.3) is 0 Å². The van der Waals surface area contributed by atoms with E-state index in [1.807, 2.05) is 6.07 Å². The predicted octanol–water partition coefficient (Wildman–Crippen LogP) is 4.53. The normalized spacial score (nSPS) is 10.7. The van der Waals surface area contributed by atoms with Gasteiger partial charge in [-0.3, -0.25) is 0 Å². The van der Waals surface area contributed by atoms with Crippen molar-refractivity contribution in [2.45, 2.75) is 30.4 Å². The molecule has 1 nitrogen and oxygen atoms in total. The van der Waals surface area contributed by atoms with E-state index in [2.05, 4.69) is 17.3 Å². The SMILES string of the molecule is CCCc1nc(CSc2ccccc2F)cs1. The Kier molecular flexibility index (Phi) is 4.57. The van der Waals surface area contributed by atoms with Crippen molar-refractivity contribution in [3.8, 4) is 0 Å². The number of aryl methyl sites for hydroxylation is 1. The molecule has 0 fully saturated rings. The first-order chi connectivity index (χ1) is 8.29. The van der Waals surface area contributed by atoms with Crippen LogP contribution < -0.4 is 0 Å². The number of rotatable bonds is 5. The smallest absolute Gasteiger partial charge is 0.136 e. The molecule has 0 spiro atoms. The fraction of sp³-hybridized carbons (Fsp3) is 0.308. The Labute approximate surface area is 109 Å². The molecule has 0 saturated carbocycles. The van der Waals surface area contributed by atoms with Crippen LogP contribution in [0.4, 0.5) is 4.39 Å². The molecule has 0 radical (unpaired) electrons. The molecule has 0 saturated heterocycles. The van der Waals surface area contributed by atoms with E-state index in [1.165, 1.54) is 22.8 Å². The Morgan fingerprint density at radius 3 is 2.94 bits per heavy atom. The van der Waals surface area contributed by atoms with Gasteiger partial charge in [-0.2, -0.15) is 0 Å². The molecule has 1 aromatic carbocycles. The van der Waals surface area contributed by atoms with Crippen LogP contribution in [-0.4, -0.2) is 4.98 Å². The van der Waals surface area contributed by atoms with E-state index in [0.29, 0.717) is 4.90 Å². The maximum Gasteiger partial charge on any atom is 0.136 e. The fourth-order valence-corrected chi connectivity index (χ4v) is 3.29. The van der Waals surface area contributed by atoms with Gasteiger partial charge in [-0.15, -0.1) is 23.1 Å². The lowest BCUT2D eigenvalue weighted by molar-refractivity contribution is 0.602. The molecule has 90 valence electrons. The van der Waals surface area contributed by atoms with E-state index >= 15 is 0 Å². The van der Waals surface area contributed by atoms with Gasteiger partial charge in [-0.05, 0) is 25.0 Å². The molecule has 2 aromatic rings. The number of halogens is 1. The summed E-state index contributed by atoms with van der Waals surface area (Å²) < 4.78 is 13.4. The molecule has 0 aliphatic carbocycles. The van der Waals surface area contributed by atoms with Crippen LogP contribution in [0.1, 0.15) is 24.0 Å². The minimum absolute atomic E-state index is 0.151. The third-order valence-electron chi connectivity index (χ3n) is 2.28.